The summed E-state index contributed by atoms with van der Waals surface area (Å²) in [5.41, 5.74) is -0.383. The molecule has 1 aliphatic rings. The van der Waals surface area contributed by atoms with Gasteiger partial charge in [0.15, 0.2) is 17.5 Å². The van der Waals surface area contributed by atoms with Gasteiger partial charge in [0.1, 0.15) is 4.90 Å². The number of hydrogen-bond donors (Lipinski definition) is 0. The van der Waals surface area contributed by atoms with Crippen molar-refractivity contribution in [2.45, 2.75) is 17.7 Å². The highest BCUT2D eigenvalue weighted by molar-refractivity contribution is 8.45. The maximum atomic E-state index is 12.6. The van der Waals surface area contributed by atoms with Crippen molar-refractivity contribution in [3.63, 3.8) is 0 Å². The quantitative estimate of drug-likeness (QED) is 0.446. The van der Waals surface area contributed by atoms with Crippen LogP contribution in [0.1, 0.15) is 23.2 Å². The molecule has 1 aliphatic carbocycles. The van der Waals surface area contributed by atoms with E-state index in [0.717, 1.165) is 0 Å². The van der Waals surface area contributed by atoms with Crippen LogP contribution in [0.4, 0.5) is 19.4 Å². The van der Waals surface area contributed by atoms with Crippen LogP contribution in [0.15, 0.2) is 29.2 Å². The molecular formula is C13H10F5NO2S. The Hall–Kier alpha value is -1.95. The van der Waals surface area contributed by atoms with Crippen LogP contribution in [0.5, 0.6) is 0 Å². The standard InChI is InChI=1S/C13H10F5NO2S/c14-22(15,16,17,18)10-5-3-9(4-6-10)13(21)11(7-19)12(20)8-1-2-8/h3-6,8,11H,1-2H2. The van der Waals surface area contributed by atoms with Gasteiger partial charge in [-0.1, -0.05) is 19.4 Å². The lowest BCUT2D eigenvalue weighted by Gasteiger charge is -2.40. The number of nitriles is 1. The predicted molar refractivity (Wildman–Crippen MR) is 69.0 cm³/mol. The molecule has 0 saturated heterocycles. The lowest BCUT2D eigenvalue weighted by Crippen LogP contribution is -2.24. The predicted octanol–water partition coefficient (Wildman–Crippen LogP) is 4.65. The Morgan fingerprint density at radius 1 is 1.09 bits per heavy atom. The average molecular weight is 339 g/mol. The zero-order valence-electron chi connectivity index (χ0n) is 10.9. The molecule has 1 atom stereocenters. The van der Waals surface area contributed by atoms with Gasteiger partial charge in [-0.05, 0) is 37.1 Å². The molecule has 3 nitrogen and oxygen atoms in total. The minimum atomic E-state index is -9.81. The Labute approximate surface area is 122 Å². The average Bonchev–Trinajstić information content (AvgIpc) is 3.21. The third-order valence-corrected chi connectivity index (χ3v) is 4.40. The number of nitrogens with zero attached hydrogens (tertiary/aromatic N) is 1. The maximum absolute atomic E-state index is 12.6. The highest BCUT2D eigenvalue weighted by Crippen LogP contribution is 3.02. The summed E-state index contributed by atoms with van der Waals surface area (Å²) in [6, 6.07) is 2.81. The molecule has 0 bridgehead atoms. The van der Waals surface area contributed by atoms with E-state index in [1.165, 1.54) is 6.07 Å². The molecule has 1 saturated carbocycles. The molecule has 1 unspecified atom stereocenters. The molecule has 1 aromatic rings. The third kappa shape index (κ3) is 3.44. The number of carbonyl (C=O) groups excluding carboxylic acids is 2. The van der Waals surface area contributed by atoms with Crippen LogP contribution in [-0.4, -0.2) is 11.6 Å². The molecule has 9 heteroatoms. The molecule has 2 rings (SSSR count). The number of halogens is 5. The smallest absolute Gasteiger partial charge is 0.297 e. The Kier molecular flexibility index (Phi) is 3.20. The summed E-state index contributed by atoms with van der Waals surface area (Å²) in [5.74, 6) is -3.55. The monoisotopic (exact) mass is 339 g/mol. The fourth-order valence-corrected chi connectivity index (χ4v) is 2.55. The molecule has 1 aromatic carbocycles. The summed E-state index contributed by atoms with van der Waals surface area (Å²) in [7, 11) is -9.81. The highest BCUT2D eigenvalue weighted by Gasteiger charge is 2.65. The van der Waals surface area contributed by atoms with Crippen LogP contribution in [0.25, 0.3) is 0 Å². The van der Waals surface area contributed by atoms with Gasteiger partial charge in [-0.3, -0.25) is 9.59 Å². The number of benzene rings is 1. The molecule has 120 valence electrons. The number of Topliss-reactive ketones (excluding diaryl/α,β-unsaturated/α-hetero) is 2. The molecule has 0 N–H and O–H groups in total. The molecule has 22 heavy (non-hydrogen) atoms. The van der Waals surface area contributed by atoms with Crippen LogP contribution < -0.4 is 0 Å². The van der Waals surface area contributed by atoms with Gasteiger partial charge in [0.05, 0.1) is 6.07 Å². The van der Waals surface area contributed by atoms with Crippen molar-refractivity contribution >= 4 is 21.8 Å². The van der Waals surface area contributed by atoms with E-state index >= 15 is 0 Å². The second-order valence-electron chi connectivity index (χ2n) is 5.10. The fraction of sp³-hybridized carbons (Fsp3) is 0.308. The highest BCUT2D eigenvalue weighted by atomic mass is 32.5. The van der Waals surface area contributed by atoms with Gasteiger partial charge in [0.2, 0.25) is 0 Å². The molecular weight excluding hydrogens is 329 g/mol. The normalized spacial score (nSPS) is 19.5. The summed E-state index contributed by atoms with van der Waals surface area (Å²) in [4.78, 5) is 21.6. The zero-order valence-corrected chi connectivity index (χ0v) is 11.8. The number of carbonyl (C=O) groups is 2. The molecule has 0 amide bonds. The summed E-state index contributed by atoms with van der Waals surface area (Å²) < 4.78 is 62.8. The summed E-state index contributed by atoms with van der Waals surface area (Å²) in [6.07, 6.45) is 1.13. The Morgan fingerprint density at radius 2 is 1.59 bits per heavy atom. The van der Waals surface area contributed by atoms with Gasteiger partial charge in [-0.15, -0.1) is 0 Å². The lowest BCUT2D eigenvalue weighted by molar-refractivity contribution is -0.121. The van der Waals surface area contributed by atoms with Crippen LogP contribution in [0.2, 0.25) is 0 Å². The molecule has 0 spiro atoms. The maximum Gasteiger partial charge on any atom is 0.310 e. The number of ketones is 2. The SMILES string of the molecule is N#CC(C(=O)c1ccc(S(F)(F)(F)(F)F)cc1)C(=O)C1CC1. The van der Waals surface area contributed by atoms with E-state index < -0.39 is 32.6 Å². The van der Waals surface area contributed by atoms with E-state index in [0.29, 0.717) is 25.0 Å². The largest absolute Gasteiger partial charge is 0.310 e. The first-order valence-electron chi connectivity index (χ1n) is 6.15. The molecule has 0 aromatic heterocycles. The van der Waals surface area contributed by atoms with E-state index in [1.54, 1.807) is 0 Å². The second-order valence-corrected chi connectivity index (χ2v) is 7.51. The van der Waals surface area contributed by atoms with E-state index in [2.05, 4.69) is 0 Å². The van der Waals surface area contributed by atoms with Crippen molar-refractivity contribution in [2.75, 3.05) is 0 Å². The minimum absolute atomic E-state index is 0.0881. The summed E-state index contributed by atoms with van der Waals surface area (Å²) in [5, 5.41) is 8.88. The van der Waals surface area contributed by atoms with Gasteiger partial charge < -0.3 is 0 Å². The number of hydrogen-bond acceptors (Lipinski definition) is 3. The zero-order chi connectivity index (χ0) is 16.8. The summed E-state index contributed by atoms with van der Waals surface area (Å²) in [6.45, 7) is 0. The summed E-state index contributed by atoms with van der Waals surface area (Å²) >= 11 is 0. The van der Waals surface area contributed by atoms with Crippen LogP contribution in [-0.2, 0) is 4.79 Å². The molecule has 0 aliphatic heterocycles. The van der Waals surface area contributed by atoms with Crippen LogP contribution in [0.3, 0.4) is 0 Å². The fourth-order valence-electron chi connectivity index (χ4n) is 1.90. The first-order valence-corrected chi connectivity index (χ1v) is 8.10. The van der Waals surface area contributed by atoms with E-state index in [9.17, 15) is 29.0 Å². The van der Waals surface area contributed by atoms with Gasteiger partial charge in [0.25, 0.3) is 0 Å². The van der Waals surface area contributed by atoms with Gasteiger partial charge in [-0.25, -0.2) is 0 Å². The lowest BCUT2D eigenvalue weighted by atomic mass is 9.93. The van der Waals surface area contributed by atoms with Crippen molar-refractivity contribution in [1.29, 1.82) is 5.26 Å². The van der Waals surface area contributed by atoms with E-state index in [4.69, 9.17) is 5.26 Å². The van der Waals surface area contributed by atoms with Crippen LogP contribution >= 0.6 is 10.2 Å². The molecule has 1 fully saturated rings. The Balaban J connectivity index is 2.29. The van der Waals surface area contributed by atoms with Crippen molar-refractivity contribution in [3.05, 3.63) is 29.8 Å². The van der Waals surface area contributed by atoms with E-state index in [1.807, 2.05) is 0 Å². The van der Waals surface area contributed by atoms with Crippen molar-refractivity contribution in [1.82, 2.24) is 0 Å². The van der Waals surface area contributed by atoms with Gasteiger partial charge in [0, 0.05) is 11.5 Å². The van der Waals surface area contributed by atoms with Crippen molar-refractivity contribution < 1.29 is 29.0 Å². The topological polar surface area (TPSA) is 57.9 Å². The minimum Gasteiger partial charge on any atom is -0.297 e. The first-order chi connectivity index (χ1) is 9.83. The van der Waals surface area contributed by atoms with Crippen molar-refractivity contribution in [2.24, 2.45) is 11.8 Å². The second kappa shape index (κ2) is 4.29. The first kappa shape index (κ1) is 16.4. The third-order valence-electron chi connectivity index (χ3n) is 3.24. The van der Waals surface area contributed by atoms with Crippen molar-refractivity contribution in [3.8, 4) is 6.07 Å². The van der Waals surface area contributed by atoms with Gasteiger partial charge >= 0.3 is 10.2 Å². The molecule has 0 radical (unpaired) electrons. The number of rotatable bonds is 5. The van der Waals surface area contributed by atoms with Gasteiger partial charge in [-0.2, -0.15) is 5.26 Å². The van der Waals surface area contributed by atoms with E-state index in [-0.39, 0.29) is 23.6 Å². The Morgan fingerprint density at radius 3 is 1.95 bits per heavy atom. The van der Waals surface area contributed by atoms with Crippen LogP contribution in [0, 0.1) is 23.2 Å². The Bertz CT molecular complexity index is 686. The molecule has 0 heterocycles.